The van der Waals surface area contributed by atoms with Crippen LogP contribution in [0.4, 0.5) is 0 Å². The zero-order chi connectivity index (χ0) is 13.8. The lowest BCUT2D eigenvalue weighted by atomic mass is 9.84. The number of carboxylic acid groups (broad SMARTS) is 1. The number of carbonyl (C=O) groups is 2. The quantitative estimate of drug-likeness (QED) is 0.855. The summed E-state index contributed by atoms with van der Waals surface area (Å²) in [5.74, 6) is -0.372. The molecule has 0 aromatic rings. The van der Waals surface area contributed by atoms with Crippen LogP contribution in [-0.2, 0) is 9.59 Å². The van der Waals surface area contributed by atoms with Gasteiger partial charge >= 0.3 is 5.97 Å². The maximum atomic E-state index is 12.4. The molecule has 0 spiro atoms. The largest absolute Gasteiger partial charge is 0.481 e. The van der Waals surface area contributed by atoms with Crippen molar-refractivity contribution in [2.75, 3.05) is 7.05 Å². The molecule has 4 nitrogen and oxygen atoms in total. The molecule has 1 N–H and O–H groups in total. The molecule has 0 aromatic heterocycles. The van der Waals surface area contributed by atoms with Gasteiger partial charge in [0.05, 0.1) is 5.92 Å². The van der Waals surface area contributed by atoms with E-state index in [0.29, 0.717) is 18.7 Å². The van der Waals surface area contributed by atoms with E-state index in [1.807, 2.05) is 11.9 Å². The molecule has 2 aliphatic carbocycles. The van der Waals surface area contributed by atoms with Crippen molar-refractivity contribution in [3.8, 4) is 0 Å². The number of hydrogen-bond donors (Lipinski definition) is 1. The fraction of sp³-hybridized carbons (Fsp3) is 0.867. The Morgan fingerprint density at radius 1 is 0.895 bits per heavy atom. The average Bonchev–Trinajstić information content (AvgIpc) is 2.46. The van der Waals surface area contributed by atoms with E-state index >= 15 is 0 Å². The summed E-state index contributed by atoms with van der Waals surface area (Å²) < 4.78 is 0. The average molecular weight is 267 g/mol. The van der Waals surface area contributed by atoms with E-state index in [1.54, 1.807) is 0 Å². The number of hydrogen-bond acceptors (Lipinski definition) is 2. The highest BCUT2D eigenvalue weighted by atomic mass is 16.4. The van der Waals surface area contributed by atoms with Gasteiger partial charge in [-0.2, -0.15) is 0 Å². The summed E-state index contributed by atoms with van der Waals surface area (Å²) >= 11 is 0. The molecule has 0 heterocycles. The Morgan fingerprint density at radius 3 is 2.00 bits per heavy atom. The highest BCUT2D eigenvalue weighted by molar-refractivity contribution is 5.79. The Labute approximate surface area is 115 Å². The first-order chi connectivity index (χ1) is 9.09. The topological polar surface area (TPSA) is 57.6 Å². The van der Waals surface area contributed by atoms with E-state index in [0.717, 1.165) is 25.7 Å². The van der Waals surface area contributed by atoms with Gasteiger partial charge < -0.3 is 10.0 Å². The standard InChI is InChI=1S/C15H25NO3/c1-16(14(17)11-5-3-2-4-6-11)13-9-7-12(8-10-13)15(18)19/h11-13H,2-10H2,1H3,(H,18,19). The first-order valence-electron chi connectivity index (χ1n) is 7.59. The molecule has 0 radical (unpaired) electrons. The Kier molecular flexibility index (Phi) is 4.83. The SMILES string of the molecule is CN(C(=O)C1CCCCC1)C1CCC(C(=O)O)CC1. The lowest BCUT2D eigenvalue weighted by Crippen LogP contribution is -2.43. The molecule has 19 heavy (non-hydrogen) atoms. The Morgan fingerprint density at radius 2 is 1.47 bits per heavy atom. The highest BCUT2D eigenvalue weighted by Gasteiger charge is 2.32. The summed E-state index contributed by atoms with van der Waals surface area (Å²) in [4.78, 5) is 25.3. The van der Waals surface area contributed by atoms with E-state index in [-0.39, 0.29) is 17.9 Å². The fourth-order valence-corrected chi connectivity index (χ4v) is 3.53. The third-order valence-electron chi connectivity index (χ3n) is 4.90. The second-order valence-electron chi connectivity index (χ2n) is 6.13. The molecule has 0 saturated heterocycles. The molecule has 2 fully saturated rings. The van der Waals surface area contributed by atoms with Gasteiger partial charge in [0.15, 0.2) is 0 Å². The molecule has 2 aliphatic rings. The van der Waals surface area contributed by atoms with Crippen molar-refractivity contribution in [1.29, 1.82) is 0 Å². The number of amides is 1. The highest BCUT2D eigenvalue weighted by Crippen LogP contribution is 2.30. The van der Waals surface area contributed by atoms with Gasteiger partial charge in [-0.15, -0.1) is 0 Å². The van der Waals surface area contributed by atoms with E-state index in [4.69, 9.17) is 5.11 Å². The van der Waals surface area contributed by atoms with Gasteiger partial charge in [0, 0.05) is 19.0 Å². The monoisotopic (exact) mass is 267 g/mol. The molecule has 0 atom stereocenters. The third-order valence-corrected chi connectivity index (χ3v) is 4.90. The van der Waals surface area contributed by atoms with Crippen LogP contribution in [0.15, 0.2) is 0 Å². The molecule has 2 rings (SSSR count). The van der Waals surface area contributed by atoms with Gasteiger partial charge in [0.2, 0.25) is 5.91 Å². The molecule has 0 unspecified atom stereocenters. The molecule has 0 bridgehead atoms. The van der Waals surface area contributed by atoms with Crippen molar-refractivity contribution < 1.29 is 14.7 Å². The predicted molar refractivity (Wildman–Crippen MR) is 72.7 cm³/mol. The van der Waals surface area contributed by atoms with Crippen LogP contribution in [0.2, 0.25) is 0 Å². The minimum Gasteiger partial charge on any atom is -0.481 e. The van der Waals surface area contributed by atoms with Crippen molar-refractivity contribution in [2.45, 2.75) is 63.8 Å². The van der Waals surface area contributed by atoms with Crippen molar-refractivity contribution in [3.05, 3.63) is 0 Å². The van der Waals surface area contributed by atoms with Crippen LogP contribution in [0, 0.1) is 11.8 Å². The second kappa shape index (κ2) is 6.40. The van der Waals surface area contributed by atoms with E-state index < -0.39 is 5.97 Å². The number of rotatable bonds is 3. The minimum absolute atomic E-state index is 0.200. The van der Waals surface area contributed by atoms with Gasteiger partial charge in [0.25, 0.3) is 0 Å². The molecule has 1 amide bonds. The summed E-state index contributed by atoms with van der Waals surface area (Å²) in [5.41, 5.74) is 0. The molecule has 108 valence electrons. The summed E-state index contributed by atoms with van der Waals surface area (Å²) in [6.07, 6.45) is 8.78. The van der Waals surface area contributed by atoms with Crippen molar-refractivity contribution in [3.63, 3.8) is 0 Å². The summed E-state index contributed by atoms with van der Waals surface area (Å²) in [6, 6.07) is 0.255. The van der Waals surface area contributed by atoms with Crippen LogP contribution in [-0.4, -0.2) is 35.0 Å². The van der Waals surface area contributed by atoms with E-state index in [9.17, 15) is 9.59 Å². The molecule has 0 aliphatic heterocycles. The van der Waals surface area contributed by atoms with E-state index in [2.05, 4.69) is 0 Å². The lowest BCUT2D eigenvalue weighted by Gasteiger charge is -2.36. The van der Waals surface area contributed by atoms with Crippen molar-refractivity contribution in [1.82, 2.24) is 4.90 Å². The normalized spacial score (nSPS) is 28.9. The van der Waals surface area contributed by atoms with Gasteiger partial charge in [0.1, 0.15) is 0 Å². The third kappa shape index (κ3) is 3.48. The van der Waals surface area contributed by atoms with Crippen LogP contribution in [0.25, 0.3) is 0 Å². The first kappa shape index (κ1) is 14.4. The summed E-state index contributed by atoms with van der Waals surface area (Å²) in [5, 5.41) is 9.00. The lowest BCUT2D eigenvalue weighted by molar-refractivity contribution is -0.143. The van der Waals surface area contributed by atoms with Gasteiger partial charge in [-0.25, -0.2) is 0 Å². The Bertz CT molecular complexity index is 328. The smallest absolute Gasteiger partial charge is 0.306 e. The second-order valence-corrected chi connectivity index (χ2v) is 6.13. The van der Waals surface area contributed by atoms with Crippen molar-refractivity contribution >= 4 is 11.9 Å². The molecule has 0 aromatic carbocycles. The maximum absolute atomic E-state index is 12.4. The Balaban J connectivity index is 1.84. The van der Waals surface area contributed by atoms with Crippen LogP contribution in [0.3, 0.4) is 0 Å². The van der Waals surface area contributed by atoms with Gasteiger partial charge in [-0.1, -0.05) is 19.3 Å². The number of carboxylic acids is 1. The van der Waals surface area contributed by atoms with E-state index in [1.165, 1.54) is 19.3 Å². The Hall–Kier alpha value is -1.06. The van der Waals surface area contributed by atoms with Crippen LogP contribution >= 0.6 is 0 Å². The maximum Gasteiger partial charge on any atom is 0.306 e. The summed E-state index contributed by atoms with van der Waals surface area (Å²) in [6.45, 7) is 0. The molecular weight excluding hydrogens is 242 g/mol. The molecular formula is C15H25NO3. The molecule has 4 heteroatoms. The number of carbonyl (C=O) groups excluding carboxylic acids is 1. The van der Waals surface area contributed by atoms with Crippen LogP contribution in [0.1, 0.15) is 57.8 Å². The van der Waals surface area contributed by atoms with Crippen molar-refractivity contribution in [2.24, 2.45) is 11.8 Å². The number of aliphatic carboxylic acids is 1. The van der Waals surface area contributed by atoms with Gasteiger partial charge in [-0.3, -0.25) is 9.59 Å². The first-order valence-corrected chi connectivity index (χ1v) is 7.59. The minimum atomic E-state index is -0.681. The van der Waals surface area contributed by atoms with Crippen LogP contribution in [0.5, 0.6) is 0 Å². The summed E-state index contributed by atoms with van der Waals surface area (Å²) in [7, 11) is 1.91. The van der Waals surface area contributed by atoms with Gasteiger partial charge in [-0.05, 0) is 38.5 Å². The molecule has 2 saturated carbocycles. The number of nitrogens with zero attached hydrogens (tertiary/aromatic N) is 1. The van der Waals surface area contributed by atoms with Crippen LogP contribution < -0.4 is 0 Å². The fourth-order valence-electron chi connectivity index (χ4n) is 3.53. The predicted octanol–water partition coefficient (Wildman–Crippen LogP) is 2.67. The zero-order valence-electron chi connectivity index (χ0n) is 11.8. The zero-order valence-corrected chi connectivity index (χ0v) is 11.8.